The van der Waals surface area contributed by atoms with Crippen LogP contribution in [0, 0.1) is 6.92 Å². The molecule has 0 fully saturated rings. The maximum Gasteiger partial charge on any atom is 0.574 e. The molecule has 0 aromatic carbocycles. The van der Waals surface area contributed by atoms with Gasteiger partial charge >= 0.3 is 12.5 Å². The van der Waals surface area contributed by atoms with Crippen LogP contribution in [-0.2, 0) is 6.18 Å². The third kappa shape index (κ3) is 3.93. The molecular weight excluding hydrogens is 290 g/mol. The number of ether oxygens (including phenoxy) is 1. The second-order valence-electron chi connectivity index (χ2n) is 3.37. The quantitative estimate of drug-likeness (QED) is 0.761. The van der Waals surface area contributed by atoms with E-state index in [9.17, 15) is 35.1 Å². The van der Waals surface area contributed by atoms with Gasteiger partial charge in [-0.2, -0.15) is 13.2 Å². The summed E-state index contributed by atoms with van der Waals surface area (Å²) in [7, 11) is 0. The topological polar surface area (TPSA) is 22.1 Å². The first kappa shape index (κ1) is 15.4. The van der Waals surface area contributed by atoms with Crippen LogP contribution in [0.4, 0.5) is 35.1 Å². The Balaban J connectivity index is 3.40. The van der Waals surface area contributed by atoms with E-state index in [4.69, 9.17) is 0 Å². The highest BCUT2D eigenvalue weighted by molar-refractivity contribution is 5.36. The Morgan fingerprint density at radius 1 is 1.11 bits per heavy atom. The third-order valence-electron chi connectivity index (χ3n) is 2.01. The number of aromatic nitrogens is 1. The van der Waals surface area contributed by atoms with Crippen LogP contribution >= 0.6 is 0 Å². The van der Waals surface area contributed by atoms with Crippen LogP contribution in [0.5, 0.6) is 5.88 Å². The molecule has 108 valence electrons. The Morgan fingerprint density at radius 2 is 1.63 bits per heavy atom. The number of pyridine rings is 1. The molecule has 0 amide bonds. The molecule has 19 heavy (non-hydrogen) atoms. The van der Waals surface area contributed by atoms with Gasteiger partial charge in [0.15, 0.2) is 5.69 Å². The predicted octanol–water partition coefficient (Wildman–Crippen LogP) is 4.25. The highest BCUT2D eigenvalue weighted by Gasteiger charge is 2.39. The molecule has 0 atom stereocenters. The van der Waals surface area contributed by atoms with Crippen LogP contribution in [-0.4, -0.2) is 11.3 Å². The molecule has 1 aromatic heterocycles. The number of hydrogen-bond acceptors (Lipinski definition) is 2. The van der Waals surface area contributed by atoms with E-state index in [0.29, 0.717) is 6.92 Å². The van der Waals surface area contributed by atoms with Gasteiger partial charge in [0, 0.05) is 11.6 Å². The van der Waals surface area contributed by atoms with Gasteiger partial charge in [-0.3, -0.25) is 0 Å². The fourth-order valence-corrected chi connectivity index (χ4v) is 1.28. The first-order valence-electron chi connectivity index (χ1n) is 4.54. The molecule has 0 saturated heterocycles. The average molecular weight is 295 g/mol. The lowest BCUT2D eigenvalue weighted by molar-refractivity contribution is -0.276. The predicted molar refractivity (Wildman–Crippen MR) is 45.6 cm³/mol. The summed E-state index contributed by atoms with van der Waals surface area (Å²) >= 11 is 0. The van der Waals surface area contributed by atoms with E-state index < -0.39 is 41.7 Å². The summed E-state index contributed by atoms with van der Waals surface area (Å²) in [6.45, 7) is 0.689. The molecule has 0 bridgehead atoms. The number of hydrogen-bond donors (Lipinski definition) is 0. The van der Waals surface area contributed by atoms with E-state index in [-0.39, 0.29) is 6.07 Å². The Labute approximate surface area is 101 Å². The van der Waals surface area contributed by atoms with Crippen molar-refractivity contribution in [2.45, 2.75) is 25.9 Å². The van der Waals surface area contributed by atoms with Crippen molar-refractivity contribution < 1.29 is 39.9 Å². The summed E-state index contributed by atoms with van der Waals surface area (Å²) in [5.74, 6) is -1.58. The molecule has 0 aliphatic carbocycles. The summed E-state index contributed by atoms with van der Waals surface area (Å²) in [5.41, 5.74) is -4.01. The molecule has 0 radical (unpaired) electrons. The summed E-state index contributed by atoms with van der Waals surface area (Å²) < 4.78 is 101. The fraction of sp³-hybridized carbons (Fsp3) is 0.444. The van der Waals surface area contributed by atoms with Crippen molar-refractivity contribution >= 4 is 0 Å². The van der Waals surface area contributed by atoms with Gasteiger partial charge in [0.2, 0.25) is 5.88 Å². The fourth-order valence-electron chi connectivity index (χ4n) is 1.28. The van der Waals surface area contributed by atoms with Gasteiger partial charge in [-0.05, 0) is 12.5 Å². The van der Waals surface area contributed by atoms with E-state index >= 15 is 0 Å². The SMILES string of the molecule is Cc1c(C(F)F)cc(OC(F)(F)F)nc1C(F)(F)F. The Bertz CT molecular complexity index is 465. The van der Waals surface area contributed by atoms with Crippen molar-refractivity contribution in [1.82, 2.24) is 4.98 Å². The van der Waals surface area contributed by atoms with Gasteiger partial charge in [-0.15, -0.1) is 13.2 Å². The number of alkyl halides is 8. The lowest BCUT2D eigenvalue weighted by atomic mass is 10.1. The van der Waals surface area contributed by atoms with Gasteiger partial charge in [0.1, 0.15) is 0 Å². The Morgan fingerprint density at radius 3 is 2.00 bits per heavy atom. The smallest absolute Gasteiger partial charge is 0.388 e. The monoisotopic (exact) mass is 295 g/mol. The zero-order valence-corrected chi connectivity index (χ0v) is 9.03. The molecule has 0 unspecified atom stereocenters. The molecule has 2 nitrogen and oxygen atoms in total. The van der Waals surface area contributed by atoms with Crippen LogP contribution in [0.1, 0.15) is 23.2 Å². The molecule has 1 aromatic rings. The molecule has 0 spiro atoms. The van der Waals surface area contributed by atoms with Gasteiger partial charge in [0.25, 0.3) is 6.43 Å². The largest absolute Gasteiger partial charge is 0.574 e. The van der Waals surface area contributed by atoms with Crippen molar-refractivity contribution in [3.05, 3.63) is 22.9 Å². The molecule has 1 heterocycles. The van der Waals surface area contributed by atoms with Crippen molar-refractivity contribution in [3.63, 3.8) is 0 Å². The van der Waals surface area contributed by atoms with Crippen LogP contribution in [0.15, 0.2) is 6.07 Å². The third-order valence-corrected chi connectivity index (χ3v) is 2.01. The minimum atomic E-state index is -5.33. The summed E-state index contributed by atoms with van der Waals surface area (Å²) in [6.07, 6.45) is -13.9. The average Bonchev–Trinajstić information content (AvgIpc) is 2.16. The van der Waals surface area contributed by atoms with Crippen molar-refractivity contribution in [3.8, 4) is 5.88 Å². The highest BCUT2D eigenvalue weighted by atomic mass is 19.4. The van der Waals surface area contributed by atoms with Crippen LogP contribution < -0.4 is 4.74 Å². The summed E-state index contributed by atoms with van der Waals surface area (Å²) in [5, 5.41) is 0. The van der Waals surface area contributed by atoms with E-state index in [1.165, 1.54) is 0 Å². The molecule has 10 heteroatoms. The second kappa shape index (κ2) is 4.82. The van der Waals surface area contributed by atoms with E-state index in [2.05, 4.69) is 9.72 Å². The minimum absolute atomic E-state index is 0.128. The standard InChI is InChI=1S/C9H5F8NO/c1-3-4(7(10)11)2-5(19-9(15,16)17)18-6(3)8(12,13)14/h2,7H,1H3. The van der Waals surface area contributed by atoms with Crippen molar-refractivity contribution in [2.24, 2.45) is 0 Å². The maximum absolute atomic E-state index is 12.5. The molecule has 0 aliphatic heterocycles. The van der Waals surface area contributed by atoms with Crippen LogP contribution in [0.2, 0.25) is 0 Å². The van der Waals surface area contributed by atoms with Gasteiger partial charge in [-0.1, -0.05) is 0 Å². The summed E-state index contributed by atoms with van der Waals surface area (Å²) in [4.78, 5) is 2.57. The lowest BCUT2D eigenvalue weighted by Gasteiger charge is -2.16. The van der Waals surface area contributed by atoms with E-state index in [0.717, 1.165) is 0 Å². The van der Waals surface area contributed by atoms with Gasteiger partial charge in [-0.25, -0.2) is 13.8 Å². The molecule has 0 saturated carbocycles. The van der Waals surface area contributed by atoms with Crippen molar-refractivity contribution in [2.75, 3.05) is 0 Å². The zero-order valence-electron chi connectivity index (χ0n) is 9.03. The minimum Gasteiger partial charge on any atom is -0.388 e. The number of nitrogens with zero attached hydrogens (tertiary/aromatic N) is 1. The Hall–Kier alpha value is -1.61. The highest BCUT2D eigenvalue weighted by Crippen LogP contribution is 2.37. The van der Waals surface area contributed by atoms with Crippen LogP contribution in [0.25, 0.3) is 0 Å². The van der Waals surface area contributed by atoms with E-state index in [1.807, 2.05) is 0 Å². The number of rotatable bonds is 2. The van der Waals surface area contributed by atoms with Crippen LogP contribution in [0.3, 0.4) is 0 Å². The lowest BCUT2D eigenvalue weighted by Crippen LogP contribution is -2.20. The van der Waals surface area contributed by atoms with Gasteiger partial charge in [0.05, 0.1) is 0 Å². The first-order valence-corrected chi connectivity index (χ1v) is 4.54. The van der Waals surface area contributed by atoms with Gasteiger partial charge < -0.3 is 4.74 Å². The Kier molecular flexibility index (Phi) is 3.92. The second-order valence-corrected chi connectivity index (χ2v) is 3.37. The van der Waals surface area contributed by atoms with E-state index in [1.54, 1.807) is 0 Å². The number of halogens is 8. The first-order chi connectivity index (χ1) is 8.42. The molecular formula is C9H5F8NO. The van der Waals surface area contributed by atoms with Crippen molar-refractivity contribution in [1.29, 1.82) is 0 Å². The maximum atomic E-state index is 12.5. The molecule has 0 aliphatic rings. The summed E-state index contributed by atoms with van der Waals surface area (Å²) in [6, 6.07) is 0.128. The molecule has 1 rings (SSSR count). The normalized spacial score (nSPS) is 12.9. The molecule has 0 N–H and O–H groups in total. The zero-order chi connectivity index (χ0) is 15.0.